The van der Waals surface area contributed by atoms with Gasteiger partial charge in [0.15, 0.2) is 0 Å². The largest absolute Gasteiger partial charge is 0.380 e. The van der Waals surface area contributed by atoms with E-state index in [0.29, 0.717) is 5.92 Å². The summed E-state index contributed by atoms with van der Waals surface area (Å²) in [6.45, 7) is 20.0. The van der Waals surface area contributed by atoms with Crippen LogP contribution >= 0.6 is 0 Å². The highest BCUT2D eigenvalue weighted by Gasteiger charge is 2.29. The van der Waals surface area contributed by atoms with E-state index in [0.717, 1.165) is 36.0 Å². The number of anilines is 1. The first-order chi connectivity index (χ1) is 12.7. The predicted octanol–water partition coefficient (Wildman–Crippen LogP) is 6.30. The average Bonchev–Trinajstić information content (AvgIpc) is 2.59. The molecule has 0 saturated heterocycles. The summed E-state index contributed by atoms with van der Waals surface area (Å²) in [5.74, 6) is 2.31. The van der Waals surface area contributed by atoms with E-state index in [2.05, 4.69) is 75.5 Å². The van der Waals surface area contributed by atoms with Crippen molar-refractivity contribution in [2.75, 3.05) is 5.32 Å². The van der Waals surface area contributed by atoms with Crippen molar-refractivity contribution in [1.82, 2.24) is 10.3 Å². The van der Waals surface area contributed by atoms with Crippen LogP contribution in [0.1, 0.15) is 72.3 Å². The van der Waals surface area contributed by atoms with Gasteiger partial charge in [0.05, 0.1) is 6.04 Å². The molecule has 150 valence electrons. The number of rotatable bonds is 8. The monoisotopic (exact) mass is 369 g/mol. The summed E-state index contributed by atoms with van der Waals surface area (Å²) in [5.41, 5.74) is 3.62. The lowest BCUT2D eigenvalue weighted by Crippen LogP contribution is -2.41. The third-order valence-corrected chi connectivity index (χ3v) is 5.53. The van der Waals surface area contributed by atoms with Gasteiger partial charge in [-0.05, 0) is 60.6 Å². The number of allylic oxidation sites excluding steroid dienone is 1. The first-order valence-electron chi connectivity index (χ1n) is 10.5. The summed E-state index contributed by atoms with van der Waals surface area (Å²) in [4.78, 5) is 4.48. The topological polar surface area (TPSA) is 37.0 Å². The molecule has 1 aliphatic carbocycles. The van der Waals surface area contributed by atoms with Crippen LogP contribution in [-0.2, 0) is 6.42 Å². The standard InChI is InChI=1S/C24H39N3/c1-8-20-13-14-25-22(15-20)27-19(4)23(21-11-9-17(2)10-12-21)26-18(3)16-24(5,6)7/h13-15,17,21,23,26H,3-4,8-12,16H2,1-2,5-7H3,(H,25,27). The quantitative estimate of drug-likeness (QED) is 0.564. The highest BCUT2D eigenvalue weighted by molar-refractivity contribution is 5.44. The van der Waals surface area contributed by atoms with Gasteiger partial charge < -0.3 is 10.6 Å². The molecule has 1 atom stereocenters. The van der Waals surface area contributed by atoms with E-state index in [4.69, 9.17) is 0 Å². The average molecular weight is 370 g/mol. The van der Waals surface area contributed by atoms with Crippen molar-refractivity contribution >= 4 is 5.82 Å². The second kappa shape index (κ2) is 9.43. The molecule has 0 radical (unpaired) electrons. The molecular weight excluding hydrogens is 330 g/mol. The molecule has 0 bridgehead atoms. The van der Waals surface area contributed by atoms with Gasteiger partial charge in [0, 0.05) is 17.6 Å². The van der Waals surface area contributed by atoms with E-state index in [-0.39, 0.29) is 11.5 Å². The molecule has 1 saturated carbocycles. The Morgan fingerprint density at radius 3 is 2.48 bits per heavy atom. The van der Waals surface area contributed by atoms with E-state index in [1.165, 1.54) is 31.2 Å². The number of aromatic nitrogens is 1. The van der Waals surface area contributed by atoms with Crippen molar-refractivity contribution in [2.45, 2.75) is 79.2 Å². The minimum Gasteiger partial charge on any atom is -0.380 e. The fourth-order valence-corrected chi connectivity index (χ4v) is 4.02. The summed E-state index contributed by atoms with van der Waals surface area (Å²) in [5, 5.41) is 7.21. The van der Waals surface area contributed by atoms with E-state index >= 15 is 0 Å². The molecular formula is C24H39N3. The summed E-state index contributed by atoms with van der Waals surface area (Å²) >= 11 is 0. The molecule has 1 fully saturated rings. The summed E-state index contributed by atoms with van der Waals surface area (Å²) in [6, 6.07) is 4.38. The number of nitrogens with one attached hydrogen (secondary N) is 2. The summed E-state index contributed by atoms with van der Waals surface area (Å²) in [6.07, 6.45) is 8.92. The van der Waals surface area contributed by atoms with Crippen LogP contribution in [0, 0.1) is 17.3 Å². The zero-order valence-electron chi connectivity index (χ0n) is 18.1. The molecule has 3 heteroatoms. The third kappa shape index (κ3) is 7.04. The summed E-state index contributed by atoms with van der Waals surface area (Å²) in [7, 11) is 0. The van der Waals surface area contributed by atoms with Gasteiger partial charge in [-0.2, -0.15) is 0 Å². The maximum absolute atomic E-state index is 4.48. The second-order valence-corrected chi connectivity index (χ2v) is 9.54. The van der Waals surface area contributed by atoms with Crippen molar-refractivity contribution < 1.29 is 0 Å². The zero-order chi connectivity index (χ0) is 20.0. The minimum atomic E-state index is 0.194. The van der Waals surface area contributed by atoms with Crippen molar-refractivity contribution in [1.29, 1.82) is 0 Å². The first kappa shape index (κ1) is 21.5. The Kier molecular flexibility index (Phi) is 7.52. The lowest BCUT2D eigenvalue weighted by molar-refractivity contribution is 0.251. The smallest absolute Gasteiger partial charge is 0.130 e. The van der Waals surface area contributed by atoms with Gasteiger partial charge in [0.1, 0.15) is 5.82 Å². The Morgan fingerprint density at radius 1 is 1.22 bits per heavy atom. The number of nitrogens with zero attached hydrogens (tertiary/aromatic N) is 1. The molecule has 1 aromatic rings. The maximum Gasteiger partial charge on any atom is 0.130 e. The fraction of sp³-hybridized carbons (Fsp3) is 0.625. The van der Waals surface area contributed by atoms with E-state index < -0.39 is 0 Å². The van der Waals surface area contributed by atoms with Crippen LogP contribution < -0.4 is 10.6 Å². The third-order valence-electron chi connectivity index (χ3n) is 5.53. The molecule has 1 aliphatic rings. The van der Waals surface area contributed by atoms with Gasteiger partial charge in [0.25, 0.3) is 0 Å². The number of hydrogen-bond acceptors (Lipinski definition) is 3. The molecule has 0 aliphatic heterocycles. The normalized spacial score (nSPS) is 21.4. The Balaban J connectivity index is 2.12. The summed E-state index contributed by atoms with van der Waals surface area (Å²) < 4.78 is 0. The minimum absolute atomic E-state index is 0.194. The molecule has 1 aromatic heterocycles. The zero-order valence-corrected chi connectivity index (χ0v) is 18.1. The van der Waals surface area contributed by atoms with Crippen LogP contribution in [0.3, 0.4) is 0 Å². The second-order valence-electron chi connectivity index (χ2n) is 9.54. The molecule has 2 N–H and O–H groups in total. The Morgan fingerprint density at radius 2 is 1.89 bits per heavy atom. The van der Waals surface area contributed by atoms with E-state index in [1.807, 2.05) is 6.20 Å². The van der Waals surface area contributed by atoms with Gasteiger partial charge in [-0.3, -0.25) is 0 Å². The molecule has 0 aromatic carbocycles. The molecule has 1 unspecified atom stereocenters. The van der Waals surface area contributed by atoms with E-state index in [1.54, 1.807) is 0 Å². The van der Waals surface area contributed by atoms with E-state index in [9.17, 15) is 0 Å². The highest BCUT2D eigenvalue weighted by atomic mass is 15.1. The van der Waals surface area contributed by atoms with Gasteiger partial charge in [-0.1, -0.05) is 60.6 Å². The Hall–Kier alpha value is -1.77. The van der Waals surface area contributed by atoms with Gasteiger partial charge in [-0.15, -0.1) is 0 Å². The van der Waals surface area contributed by atoms with Crippen molar-refractivity contribution in [3.8, 4) is 0 Å². The first-order valence-corrected chi connectivity index (χ1v) is 10.5. The van der Waals surface area contributed by atoms with Gasteiger partial charge in [-0.25, -0.2) is 4.98 Å². The molecule has 3 nitrogen and oxygen atoms in total. The molecule has 2 rings (SSSR count). The molecule has 27 heavy (non-hydrogen) atoms. The number of hydrogen-bond donors (Lipinski definition) is 2. The van der Waals surface area contributed by atoms with Crippen molar-refractivity contribution in [2.24, 2.45) is 17.3 Å². The number of pyridine rings is 1. The van der Waals surface area contributed by atoms with Crippen molar-refractivity contribution in [3.63, 3.8) is 0 Å². The van der Waals surface area contributed by atoms with Crippen LogP contribution in [0.5, 0.6) is 0 Å². The number of aryl methyl sites for hydroxylation is 1. The molecule has 0 spiro atoms. The molecule has 0 amide bonds. The lowest BCUT2D eigenvalue weighted by Gasteiger charge is -2.36. The Bertz CT molecular complexity index is 633. The van der Waals surface area contributed by atoms with Gasteiger partial charge >= 0.3 is 0 Å². The lowest BCUT2D eigenvalue weighted by atomic mass is 9.78. The van der Waals surface area contributed by atoms with Gasteiger partial charge in [0.2, 0.25) is 0 Å². The fourth-order valence-electron chi connectivity index (χ4n) is 4.02. The SMILES string of the molecule is C=C(CC(C)(C)C)NC(C(=C)Nc1cc(CC)ccn1)C1CCC(C)CC1. The Labute approximate surface area is 166 Å². The predicted molar refractivity (Wildman–Crippen MR) is 118 cm³/mol. The maximum atomic E-state index is 4.48. The van der Waals surface area contributed by atoms with Crippen LogP contribution in [0.25, 0.3) is 0 Å². The van der Waals surface area contributed by atoms with Crippen molar-refractivity contribution in [3.05, 3.63) is 48.4 Å². The van der Waals surface area contributed by atoms with Crippen LogP contribution in [0.15, 0.2) is 42.9 Å². The van der Waals surface area contributed by atoms with Crippen LogP contribution in [0.4, 0.5) is 5.82 Å². The highest BCUT2D eigenvalue weighted by Crippen LogP contribution is 2.33. The van der Waals surface area contributed by atoms with Crippen LogP contribution in [-0.4, -0.2) is 11.0 Å². The van der Waals surface area contributed by atoms with Crippen LogP contribution in [0.2, 0.25) is 0 Å². The molecule has 1 heterocycles.